The van der Waals surface area contributed by atoms with Gasteiger partial charge in [0, 0.05) is 21.7 Å². The summed E-state index contributed by atoms with van der Waals surface area (Å²) in [5, 5.41) is 0. The van der Waals surface area contributed by atoms with E-state index in [4.69, 9.17) is 19.2 Å². The second-order valence-corrected chi connectivity index (χ2v) is 1.50. The van der Waals surface area contributed by atoms with Crippen LogP contribution in [0.2, 0.25) is 0 Å². The largest absolute Gasteiger partial charge is 2.00 e. The molecule has 8 heavy (non-hydrogen) atoms. The molecule has 0 aromatic carbocycles. The zero-order valence-corrected chi connectivity index (χ0v) is 14.5. The van der Waals surface area contributed by atoms with E-state index in [0.717, 1.165) is 0 Å². The summed E-state index contributed by atoms with van der Waals surface area (Å²) >= 11 is 0. The van der Waals surface area contributed by atoms with E-state index in [0.29, 0.717) is 0 Å². The second-order valence-electron chi connectivity index (χ2n) is 0.500. The van der Waals surface area contributed by atoms with E-state index in [9.17, 15) is 0 Å². The first kappa shape index (κ1) is 22.6. The maximum atomic E-state index is 8.58. The molecule has 0 heterocycles. The average molecular weight is 365 g/mol. The molecule has 0 aliphatic heterocycles. The van der Waals surface area contributed by atoms with Crippen LogP contribution in [-0.2, 0) is 21.7 Å². The van der Waals surface area contributed by atoms with Crippen LogP contribution in [0.3, 0.4) is 0 Å². The van der Waals surface area contributed by atoms with Crippen LogP contribution >= 0.6 is 0 Å². The smallest absolute Gasteiger partial charge is 0.894 e. The fourth-order valence-corrected chi connectivity index (χ4v) is 0. The van der Waals surface area contributed by atoms with Crippen molar-refractivity contribution in [2.75, 3.05) is 0 Å². The van der Waals surface area contributed by atoms with Gasteiger partial charge in [-0.3, -0.25) is 0 Å². The fraction of sp³-hybridized carbons (Fsp3) is 0. The molecule has 0 aromatic rings. The van der Waals surface area contributed by atoms with E-state index in [1.54, 1.807) is 0 Å². The summed E-state index contributed by atoms with van der Waals surface area (Å²) in [4.78, 5) is 34.3. The maximum absolute atomic E-state index is 8.58. The predicted molar refractivity (Wildman–Crippen MR) is 17.3 cm³/mol. The molecule has 0 radical (unpaired) electrons. The summed E-state index contributed by atoms with van der Waals surface area (Å²) in [7, 11) is -5.61. The van der Waals surface area contributed by atoms with Crippen molar-refractivity contribution in [3.8, 4) is 0 Å². The Morgan fingerprint density at radius 3 is 0.875 bits per heavy atom. The molecule has 4 nitrogen and oxygen atoms in total. The zero-order valence-electron chi connectivity index (χ0n) is 4.05. The molecule has 0 bridgehead atoms. The van der Waals surface area contributed by atoms with Crippen molar-refractivity contribution in [1.82, 2.24) is 0 Å². The van der Waals surface area contributed by atoms with Crippen molar-refractivity contribution in [2.24, 2.45) is 0 Å². The topological polar surface area (TPSA) is 92.2 Å². The van der Waals surface area contributed by atoms with Crippen molar-refractivity contribution in [1.29, 1.82) is 0 Å². The minimum atomic E-state index is -5.61. The molecule has 0 saturated carbocycles. The van der Waals surface area contributed by atoms with E-state index >= 15 is 0 Å². The molecule has 0 atom stereocenters. The van der Waals surface area contributed by atoms with Crippen molar-refractivity contribution >= 4 is 103 Å². The molecule has 0 N–H and O–H groups in total. The number of rotatable bonds is 0. The Kier molecular flexibility index (Phi) is 30.6. The van der Waals surface area contributed by atoms with E-state index in [1.807, 2.05) is 0 Å². The molecule has 0 aliphatic carbocycles. The third kappa shape index (κ3) is 52.3. The summed E-state index contributed by atoms with van der Waals surface area (Å²) in [6.45, 7) is 0. The van der Waals surface area contributed by atoms with Crippen molar-refractivity contribution < 1.29 is 40.9 Å². The molecule has 0 unspecified atom stereocenters. The van der Waals surface area contributed by atoms with E-state index in [2.05, 4.69) is 0 Å². The van der Waals surface area contributed by atoms with Crippen LogP contribution in [0.5, 0.6) is 0 Å². The van der Waals surface area contributed by atoms with Crippen LogP contribution < -0.4 is 19.2 Å². The van der Waals surface area contributed by atoms with Gasteiger partial charge in [0.25, 0.3) is 0 Å². The van der Waals surface area contributed by atoms with Gasteiger partial charge in [0.15, 0.2) is 0 Å². The summed E-state index contributed by atoms with van der Waals surface area (Å²) in [5.74, 6) is 0. The van der Waals surface area contributed by atoms with E-state index < -0.39 is 9.05 Å². The molecule has 0 spiro atoms. The van der Waals surface area contributed by atoms with E-state index in [-0.39, 0.29) is 116 Å². The minimum absolute atomic E-state index is 0. The van der Waals surface area contributed by atoms with Crippen LogP contribution in [0.4, 0.5) is 0 Å². The van der Waals surface area contributed by atoms with Gasteiger partial charge in [-0.05, 0) is 0 Å². The van der Waals surface area contributed by atoms with Gasteiger partial charge in [0.05, 0.1) is 0 Å². The Morgan fingerprint density at radius 1 is 0.875 bits per heavy atom. The third-order valence-corrected chi connectivity index (χ3v) is 0. The van der Waals surface area contributed by atoms with Gasteiger partial charge in [-0.15, -0.1) is 0 Å². The molecule has 0 aromatic heterocycles. The fourth-order valence-electron chi connectivity index (χ4n) is 0. The van der Waals surface area contributed by atoms with Crippen LogP contribution in [0.1, 0.15) is 0 Å². The van der Waals surface area contributed by atoms with Gasteiger partial charge in [0.1, 0.15) is 0 Å². The van der Waals surface area contributed by atoms with Gasteiger partial charge < -0.3 is 28.2 Å². The molecule has 0 amide bonds. The Hall–Kier alpha value is 3.82. The first-order chi connectivity index (χ1) is 2.00. The van der Waals surface area contributed by atoms with Crippen LogP contribution in [-0.4, -0.2) is 103 Å². The first-order valence-corrected chi connectivity index (χ1v) is 2.45. The predicted octanol–water partition coefficient (Wildman–Crippen LogP) is -5.90. The minimum Gasteiger partial charge on any atom is -0.894 e. The van der Waals surface area contributed by atoms with Gasteiger partial charge in [-0.2, -0.15) is 0 Å². The second kappa shape index (κ2) is 10.8. The Bertz CT molecular complexity index is 31.5. The SMILES string of the molecule is [Ba+2].[O-][Si]([O-])([O-])[O-].[Sr+2].[Ti]. The maximum Gasteiger partial charge on any atom is 2.00 e. The van der Waals surface area contributed by atoms with Gasteiger partial charge in [0.2, 0.25) is 0 Å². The standard InChI is InChI=1S/Ba.O4Si.Sr.Ti/c;1-5(2,3)4;;/q+2;-4;+2;. The van der Waals surface area contributed by atoms with Crippen LogP contribution in [0.25, 0.3) is 0 Å². The summed E-state index contributed by atoms with van der Waals surface area (Å²) in [6, 6.07) is 0. The zero-order chi connectivity index (χ0) is 4.50. The van der Waals surface area contributed by atoms with Crippen LogP contribution in [0.15, 0.2) is 0 Å². The van der Waals surface area contributed by atoms with Crippen LogP contribution in [0, 0.1) is 0 Å². The number of hydrogen-bond donors (Lipinski definition) is 0. The molecule has 0 saturated heterocycles. The van der Waals surface area contributed by atoms with Gasteiger partial charge in [-0.25, -0.2) is 0 Å². The van der Waals surface area contributed by atoms with Crippen molar-refractivity contribution in [3.63, 3.8) is 0 Å². The molecular weight excluding hydrogens is 365 g/mol. The summed E-state index contributed by atoms with van der Waals surface area (Å²) < 4.78 is 0. The molecule has 8 heteroatoms. The Balaban J connectivity index is -0.0000000267. The molecule has 0 aliphatic rings. The Morgan fingerprint density at radius 2 is 0.875 bits per heavy atom. The third-order valence-electron chi connectivity index (χ3n) is 0. The average Bonchev–Trinajstić information content (AvgIpc) is 0.722. The van der Waals surface area contributed by atoms with Gasteiger partial charge in [-0.1, -0.05) is 0 Å². The van der Waals surface area contributed by atoms with E-state index in [1.165, 1.54) is 0 Å². The molecule has 0 fully saturated rings. The Labute approximate surface area is 140 Å². The molecule has 0 rings (SSSR count). The van der Waals surface area contributed by atoms with Crippen molar-refractivity contribution in [2.45, 2.75) is 0 Å². The quantitative estimate of drug-likeness (QED) is 0.400. The monoisotopic (exact) mass is 366 g/mol. The van der Waals surface area contributed by atoms with Gasteiger partial charge >= 0.3 is 94.4 Å². The molecular formula is BaO4SiSrTi. The summed E-state index contributed by atoms with van der Waals surface area (Å²) in [6.07, 6.45) is 0. The first-order valence-electron chi connectivity index (χ1n) is 0.816. The van der Waals surface area contributed by atoms with Crippen molar-refractivity contribution in [3.05, 3.63) is 0 Å². The summed E-state index contributed by atoms with van der Waals surface area (Å²) in [5.41, 5.74) is 0. The molecule has 36 valence electrons. The normalized spacial score (nSPS) is 7.50. The number of hydrogen-bond acceptors (Lipinski definition) is 4.